The molecule has 1 amide bonds. The van der Waals surface area contributed by atoms with Gasteiger partial charge in [0.15, 0.2) is 0 Å². The molecule has 0 aromatic heterocycles. The van der Waals surface area contributed by atoms with E-state index in [1.807, 2.05) is 60.7 Å². The van der Waals surface area contributed by atoms with Gasteiger partial charge in [-0.1, -0.05) is 60.7 Å². The second kappa shape index (κ2) is 10.4. The van der Waals surface area contributed by atoms with E-state index >= 15 is 0 Å². The molecule has 1 aliphatic carbocycles. The van der Waals surface area contributed by atoms with Gasteiger partial charge in [0.05, 0.1) is 12.1 Å². The van der Waals surface area contributed by atoms with Crippen LogP contribution in [0, 0.1) is 11.8 Å². The van der Waals surface area contributed by atoms with Crippen LogP contribution < -0.4 is 5.32 Å². The Labute approximate surface area is 177 Å². The minimum Gasteiger partial charge on any atom is -0.483 e. The Morgan fingerprint density at radius 1 is 1.10 bits per heavy atom. The van der Waals surface area contributed by atoms with Crippen LogP contribution in [0.15, 0.2) is 60.7 Å². The van der Waals surface area contributed by atoms with Crippen LogP contribution in [0.3, 0.4) is 0 Å². The van der Waals surface area contributed by atoms with Gasteiger partial charge < -0.3 is 15.5 Å². The maximum absolute atomic E-state index is 12.4. The Kier molecular flexibility index (Phi) is 7.60. The summed E-state index contributed by atoms with van der Waals surface area (Å²) in [7, 11) is 0. The number of benzene rings is 2. The van der Waals surface area contributed by atoms with Crippen molar-refractivity contribution in [2.75, 3.05) is 19.6 Å². The molecule has 0 bridgehead atoms. The Hall–Kier alpha value is -2.70. The molecule has 2 aromatic rings. The molecule has 30 heavy (non-hydrogen) atoms. The second-order valence-corrected chi connectivity index (χ2v) is 8.11. The van der Waals surface area contributed by atoms with Gasteiger partial charge in [-0.3, -0.25) is 14.5 Å². The van der Waals surface area contributed by atoms with Crippen LogP contribution in [0.1, 0.15) is 30.4 Å². The Morgan fingerprint density at radius 3 is 2.40 bits per heavy atom. The zero-order valence-corrected chi connectivity index (χ0v) is 17.1. The molecule has 1 saturated carbocycles. The molecule has 0 radical (unpaired) electrons. The molecule has 160 valence electrons. The van der Waals surface area contributed by atoms with Crippen LogP contribution in [0.25, 0.3) is 0 Å². The Morgan fingerprint density at radius 2 is 1.73 bits per heavy atom. The van der Waals surface area contributed by atoms with Crippen LogP contribution in [-0.2, 0) is 21.7 Å². The number of aliphatic hydroxyl groups is 1. The third-order valence-corrected chi connectivity index (χ3v) is 6.24. The van der Waals surface area contributed by atoms with E-state index in [2.05, 4.69) is 10.2 Å². The average Bonchev–Trinajstić information content (AvgIpc) is 3.18. The van der Waals surface area contributed by atoms with Gasteiger partial charge in [0.1, 0.15) is 0 Å². The number of nitrogens with one attached hydrogen (secondary N) is 1. The van der Waals surface area contributed by atoms with Gasteiger partial charge >= 0.3 is 0 Å². The summed E-state index contributed by atoms with van der Waals surface area (Å²) in [6.45, 7) is 2.41. The largest absolute Gasteiger partial charge is 0.483 e. The normalized spacial score (nSPS) is 25.5. The first-order chi connectivity index (χ1) is 14.6. The van der Waals surface area contributed by atoms with Crippen molar-refractivity contribution in [2.24, 2.45) is 11.8 Å². The smallest absolute Gasteiger partial charge is 0.290 e. The molecule has 6 heteroatoms. The van der Waals surface area contributed by atoms with Gasteiger partial charge in [-0.25, -0.2) is 0 Å². The van der Waals surface area contributed by atoms with E-state index in [4.69, 9.17) is 9.90 Å². The minimum atomic E-state index is -0.764. The first-order valence-corrected chi connectivity index (χ1v) is 10.5. The fourth-order valence-corrected chi connectivity index (χ4v) is 4.88. The molecule has 1 saturated heterocycles. The third kappa shape index (κ3) is 5.26. The number of fused-ring (bicyclic) bond motifs is 1. The van der Waals surface area contributed by atoms with Crippen LogP contribution in [-0.4, -0.2) is 47.1 Å². The second-order valence-electron chi connectivity index (χ2n) is 8.11. The lowest BCUT2D eigenvalue weighted by Crippen LogP contribution is -2.43. The highest BCUT2D eigenvalue weighted by Crippen LogP contribution is 2.48. The predicted molar refractivity (Wildman–Crippen MR) is 115 cm³/mol. The van der Waals surface area contributed by atoms with Crippen molar-refractivity contribution in [1.82, 2.24) is 10.2 Å². The quantitative estimate of drug-likeness (QED) is 0.660. The number of nitrogens with zero attached hydrogens (tertiary/aromatic N) is 1. The Balaban J connectivity index is 0.000000806. The summed E-state index contributed by atoms with van der Waals surface area (Å²) in [4.78, 5) is 23.0. The number of hydrogen-bond donors (Lipinski definition) is 3. The molecule has 2 aromatic carbocycles. The van der Waals surface area contributed by atoms with Crippen molar-refractivity contribution >= 4 is 12.4 Å². The molecule has 3 atom stereocenters. The molecule has 1 aliphatic heterocycles. The van der Waals surface area contributed by atoms with E-state index < -0.39 is 5.60 Å². The van der Waals surface area contributed by atoms with E-state index in [-0.39, 0.29) is 18.3 Å². The molecule has 2 fully saturated rings. The van der Waals surface area contributed by atoms with Crippen LogP contribution in [0.4, 0.5) is 0 Å². The van der Waals surface area contributed by atoms with E-state index in [9.17, 15) is 9.90 Å². The predicted octanol–water partition coefficient (Wildman–Crippen LogP) is 2.62. The topological polar surface area (TPSA) is 89.9 Å². The van der Waals surface area contributed by atoms with E-state index in [0.717, 1.165) is 43.5 Å². The van der Waals surface area contributed by atoms with Gasteiger partial charge in [-0.05, 0) is 36.3 Å². The number of carboxylic acid groups (broad SMARTS) is 1. The van der Waals surface area contributed by atoms with E-state index in [0.29, 0.717) is 19.0 Å². The molecule has 1 heterocycles. The summed E-state index contributed by atoms with van der Waals surface area (Å²) < 4.78 is 0. The lowest BCUT2D eigenvalue weighted by Gasteiger charge is -2.41. The molecule has 3 N–H and O–H groups in total. The summed E-state index contributed by atoms with van der Waals surface area (Å²) >= 11 is 0. The lowest BCUT2D eigenvalue weighted by molar-refractivity contribution is -0.123. The van der Waals surface area contributed by atoms with Crippen molar-refractivity contribution in [3.63, 3.8) is 0 Å². The summed E-state index contributed by atoms with van der Waals surface area (Å²) in [6, 6.07) is 20.1. The first-order valence-electron chi connectivity index (χ1n) is 10.5. The molecule has 0 spiro atoms. The van der Waals surface area contributed by atoms with Gasteiger partial charge in [0.25, 0.3) is 6.47 Å². The number of carbonyl (C=O) groups excluding carboxylic acids is 1. The SMILES string of the molecule is O=C(CN1C[C@@H]2CCC[C@@](O)(c3ccccc3)[C@@H]2C1)NCc1ccccc1.O=CO. The van der Waals surface area contributed by atoms with Crippen molar-refractivity contribution in [3.05, 3.63) is 71.8 Å². The fourth-order valence-electron chi connectivity index (χ4n) is 4.88. The van der Waals surface area contributed by atoms with Gasteiger partial charge in [-0.2, -0.15) is 0 Å². The van der Waals surface area contributed by atoms with Gasteiger partial charge in [-0.15, -0.1) is 0 Å². The molecule has 2 aliphatic rings. The highest BCUT2D eigenvalue weighted by atomic mass is 16.3. The number of carbonyl (C=O) groups is 2. The standard InChI is InChI=1S/C23H28N2O2.CH2O2/c26-22(24-14-18-8-3-1-4-9-18)17-25-15-19-10-7-13-23(27,21(19)16-25)20-11-5-2-6-12-20;2-1-3/h1-6,8-9,11-12,19,21,27H,7,10,13-17H2,(H,24,26);1H,(H,2,3)/t19-,21+,23+;/m0./s1. The zero-order chi connectivity index (χ0) is 21.4. The zero-order valence-electron chi connectivity index (χ0n) is 17.1. The summed E-state index contributed by atoms with van der Waals surface area (Å²) in [5, 5.41) is 21.4. The molecular formula is C24H30N2O4. The number of hydrogen-bond acceptors (Lipinski definition) is 4. The van der Waals surface area contributed by atoms with Gasteiger partial charge in [0, 0.05) is 25.6 Å². The van der Waals surface area contributed by atoms with Crippen molar-refractivity contribution in [1.29, 1.82) is 0 Å². The average molecular weight is 411 g/mol. The summed E-state index contributed by atoms with van der Waals surface area (Å²) in [5.41, 5.74) is 1.37. The maximum Gasteiger partial charge on any atom is 0.290 e. The van der Waals surface area contributed by atoms with Crippen molar-refractivity contribution in [3.8, 4) is 0 Å². The van der Waals surface area contributed by atoms with Crippen molar-refractivity contribution < 1.29 is 19.8 Å². The van der Waals surface area contributed by atoms with E-state index in [1.165, 1.54) is 0 Å². The monoisotopic (exact) mass is 410 g/mol. The molecule has 0 unspecified atom stereocenters. The van der Waals surface area contributed by atoms with Gasteiger partial charge in [0.2, 0.25) is 5.91 Å². The maximum atomic E-state index is 12.4. The minimum absolute atomic E-state index is 0.0563. The fraction of sp³-hybridized carbons (Fsp3) is 0.417. The highest BCUT2D eigenvalue weighted by molar-refractivity contribution is 5.78. The summed E-state index contributed by atoms with van der Waals surface area (Å²) in [6.07, 6.45) is 2.99. The number of rotatable bonds is 5. The first kappa shape index (κ1) is 22.0. The van der Waals surface area contributed by atoms with E-state index in [1.54, 1.807) is 0 Å². The van der Waals surface area contributed by atoms with Crippen molar-refractivity contribution in [2.45, 2.75) is 31.4 Å². The highest BCUT2D eigenvalue weighted by Gasteiger charge is 2.49. The number of likely N-dealkylation sites (tertiary alicyclic amines) is 1. The van der Waals surface area contributed by atoms with Crippen LogP contribution in [0.5, 0.6) is 0 Å². The Bertz CT molecular complexity index is 814. The molecule has 6 nitrogen and oxygen atoms in total. The lowest BCUT2D eigenvalue weighted by atomic mass is 9.67. The van der Waals surface area contributed by atoms with Crippen LogP contribution >= 0.6 is 0 Å². The van der Waals surface area contributed by atoms with Crippen LogP contribution in [0.2, 0.25) is 0 Å². The summed E-state index contributed by atoms with van der Waals surface area (Å²) in [5.74, 6) is 0.724. The molecular weight excluding hydrogens is 380 g/mol. The third-order valence-electron chi connectivity index (χ3n) is 6.24. The molecule has 4 rings (SSSR count). The number of amides is 1.